The molecular weight excluding hydrogens is 349 g/mol. The number of amides is 1. The van der Waals surface area contributed by atoms with E-state index >= 15 is 0 Å². The molecule has 0 unspecified atom stereocenters. The fraction of sp³-hybridized carbons (Fsp3) is 0.222. The summed E-state index contributed by atoms with van der Waals surface area (Å²) in [5.41, 5.74) is 1.53. The molecule has 0 heterocycles. The molecule has 0 aliphatic carbocycles. The van der Waals surface area contributed by atoms with Gasteiger partial charge in [-0.2, -0.15) is 0 Å². The van der Waals surface area contributed by atoms with Crippen molar-refractivity contribution in [1.82, 2.24) is 5.32 Å². The first kappa shape index (κ1) is 18.7. The topological polar surface area (TPSA) is 64.6 Å². The maximum Gasteiger partial charge on any atom is 0.344 e. The van der Waals surface area contributed by atoms with E-state index in [0.717, 1.165) is 11.1 Å². The van der Waals surface area contributed by atoms with Crippen LogP contribution in [0.3, 0.4) is 0 Å². The number of rotatable bonds is 7. The quantitative estimate of drug-likeness (QED) is 0.766. The Kier molecular flexibility index (Phi) is 6.77. The van der Waals surface area contributed by atoms with Gasteiger partial charge in [0.25, 0.3) is 5.91 Å². The maximum atomic E-state index is 12.8. The number of hydrogen-bond donors (Lipinski definition) is 1. The Bertz CT molecular complexity index is 749. The van der Waals surface area contributed by atoms with Crippen molar-refractivity contribution in [2.45, 2.75) is 13.5 Å². The summed E-state index contributed by atoms with van der Waals surface area (Å²) in [6.07, 6.45) is 0. The van der Waals surface area contributed by atoms with Gasteiger partial charge >= 0.3 is 5.97 Å². The lowest BCUT2D eigenvalue weighted by molar-refractivity contribution is -0.150. The highest BCUT2D eigenvalue weighted by Crippen LogP contribution is 2.21. The molecule has 0 aliphatic rings. The Labute approximate surface area is 149 Å². The van der Waals surface area contributed by atoms with Crippen molar-refractivity contribution in [3.8, 4) is 5.75 Å². The summed E-state index contributed by atoms with van der Waals surface area (Å²) in [5, 5.41) is 3.14. The molecule has 25 heavy (non-hydrogen) atoms. The molecule has 7 heteroatoms. The monoisotopic (exact) mass is 365 g/mol. The molecule has 132 valence electrons. The molecule has 0 atom stereocenters. The van der Waals surface area contributed by atoms with Crippen molar-refractivity contribution in [1.29, 1.82) is 0 Å². The zero-order chi connectivity index (χ0) is 18.2. The van der Waals surface area contributed by atoms with Crippen LogP contribution in [-0.2, 0) is 20.9 Å². The molecule has 0 saturated heterocycles. The molecule has 0 aliphatic heterocycles. The van der Waals surface area contributed by atoms with E-state index in [4.69, 9.17) is 21.1 Å². The summed E-state index contributed by atoms with van der Waals surface area (Å²) in [6, 6.07) is 10.7. The van der Waals surface area contributed by atoms with Crippen LogP contribution in [0, 0.1) is 12.7 Å². The lowest BCUT2D eigenvalue weighted by Crippen LogP contribution is -2.29. The number of hydrogen-bond acceptors (Lipinski definition) is 4. The molecule has 0 radical (unpaired) electrons. The Morgan fingerprint density at radius 2 is 1.84 bits per heavy atom. The van der Waals surface area contributed by atoms with Gasteiger partial charge in [0.2, 0.25) is 0 Å². The summed E-state index contributed by atoms with van der Waals surface area (Å²) in [6.45, 7) is 1.29. The molecule has 5 nitrogen and oxygen atoms in total. The number of ether oxygens (including phenoxy) is 2. The third-order valence-electron chi connectivity index (χ3n) is 3.25. The number of esters is 1. The van der Waals surface area contributed by atoms with Gasteiger partial charge in [-0.15, -0.1) is 0 Å². The normalized spacial score (nSPS) is 10.2. The highest BCUT2D eigenvalue weighted by molar-refractivity contribution is 6.30. The summed E-state index contributed by atoms with van der Waals surface area (Å²) >= 11 is 5.84. The van der Waals surface area contributed by atoms with Gasteiger partial charge in [0.05, 0.1) is 0 Å². The van der Waals surface area contributed by atoms with E-state index in [1.54, 1.807) is 37.3 Å². The maximum absolute atomic E-state index is 12.8. The van der Waals surface area contributed by atoms with E-state index in [-0.39, 0.29) is 19.0 Å². The van der Waals surface area contributed by atoms with Crippen molar-refractivity contribution in [2.24, 2.45) is 0 Å². The number of carbonyl (C=O) groups excluding carboxylic acids is 2. The summed E-state index contributed by atoms with van der Waals surface area (Å²) in [7, 11) is 0. The fourth-order valence-corrected chi connectivity index (χ4v) is 2.18. The van der Waals surface area contributed by atoms with Gasteiger partial charge in [0.15, 0.2) is 13.2 Å². The Morgan fingerprint density at radius 3 is 2.52 bits per heavy atom. The lowest BCUT2D eigenvalue weighted by Gasteiger charge is -2.09. The van der Waals surface area contributed by atoms with E-state index in [0.29, 0.717) is 10.8 Å². The third kappa shape index (κ3) is 6.43. The van der Waals surface area contributed by atoms with E-state index in [1.165, 1.54) is 12.1 Å². The van der Waals surface area contributed by atoms with Crippen LogP contribution < -0.4 is 10.1 Å². The van der Waals surface area contributed by atoms with Crippen molar-refractivity contribution in [2.75, 3.05) is 13.2 Å². The fourth-order valence-electron chi connectivity index (χ4n) is 1.95. The lowest BCUT2D eigenvalue weighted by atomic mass is 10.2. The van der Waals surface area contributed by atoms with Crippen LogP contribution in [0.4, 0.5) is 4.39 Å². The molecule has 0 aromatic heterocycles. The van der Waals surface area contributed by atoms with Gasteiger partial charge in [-0.05, 0) is 48.4 Å². The number of carbonyl (C=O) groups is 2. The first-order chi connectivity index (χ1) is 11.9. The van der Waals surface area contributed by atoms with Gasteiger partial charge in [0.1, 0.15) is 11.6 Å². The van der Waals surface area contributed by atoms with Crippen LogP contribution in [0.15, 0.2) is 42.5 Å². The van der Waals surface area contributed by atoms with Crippen molar-refractivity contribution >= 4 is 23.5 Å². The van der Waals surface area contributed by atoms with Crippen molar-refractivity contribution in [3.05, 3.63) is 64.4 Å². The SMILES string of the molecule is Cc1cc(Cl)ccc1OCC(=O)OCC(=O)NCc1ccc(F)cc1. The van der Waals surface area contributed by atoms with Crippen LogP contribution in [-0.4, -0.2) is 25.1 Å². The van der Waals surface area contributed by atoms with Gasteiger partial charge in [0, 0.05) is 11.6 Å². The second-order valence-electron chi connectivity index (χ2n) is 5.26. The minimum atomic E-state index is -0.661. The van der Waals surface area contributed by atoms with Crippen LogP contribution in [0.5, 0.6) is 5.75 Å². The molecule has 0 spiro atoms. The minimum Gasteiger partial charge on any atom is -0.482 e. The smallest absolute Gasteiger partial charge is 0.344 e. The standard InChI is InChI=1S/C18H17ClFNO4/c1-12-8-14(19)4-7-16(12)24-11-18(23)25-10-17(22)21-9-13-2-5-15(20)6-3-13/h2-8H,9-11H2,1H3,(H,21,22). The summed E-state index contributed by atoms with van der Waals surface area (Å²) in [4.78, 5) is 23.3. The van der Waals surface area contributed by atoms with E-state index in [1.807, 2.05) is 0 Å². The van der Waals surface area contributed by atoms with Gasteiger partial charge < -0.3 is 14.8 Å². The molecule has 0 saturated carbocycles. The minimum absolute atomic E-state index is 0.219. The average Bonchev–Trinajstić information content (AvgIpc) is 2.58. The number of halogens is 2. The Balaban J connectivity index is 1.68. The first-order valence-corrected chi connectivity index (χ1v) is 7.87. The molecule has 2 aromatic rings. The Hall–Kier alpha value is -2.60. The number of aryl methyl sites for hydroxylation is 1. The van der Waals surface area contributed by atoms with Gasteiger partial charge in [-0.1, -0.05) is 23.7 Å². The largest absolute Gasteiger partial charge is 0.482 e. The predicted molar refractivity (Wildman–Crippen MR) is 90.9 cm³/mol. The highest BCUT2D eigenvalue weighted by atomic mass is 35.5. The van der Waals surface area contributed by atoms with Crippen LogP contribution in [0.25, 0.3) is 0 Å². The van der Waals surface area contributed by atoms with Crippen LogP contribution in [0.1, 0.15) is 11.1 Å². The zero-order valence-electron chi connectivity index (χ0n) is 13.6. The molecule has 2 aromatic carbocycles. The molecule has 1 N–H and O–H groups in total. The van der Waals surface area contributed by atoms with Gasteiger partial charge in [-0.3, -0.25) is 4.79 Å². The predicted octanol–water partition coefficient (Wildman–Crippen LogP) is 3.03. The van der Waals surface area contributed by atoms with Crippen LogP contribution in [0.2, 0.25) is 5.02 Å². The molecule has 1 amide bonds. The Morgan fingerprint density at radius 1 is 1.12 bits per heavy atom. The highest BCUT2D eigenvalue weighted by Gasteiger charge is 2.09. The van der Waals surface area contributed by atoms with Crippen LogP contribution >= 0.6 is 11.6 Å². The number of benzene rings is 2. The summed E-state index contributed by atoms with van der Waals surface area (Å²) in [5.74, 6) is -0.950. The second-order valence-corrected chi connectivity index (χ2v) is 5.70. The summed E-state index contributed by atoms with van der Waals surface area (Å²) < 4.78 is 22.9. The molecule has 0 fully saturated rings. The molecular formula is C18H17ClFNO4. The first-order valence-electron chi connectivity index (χ1n) is 7.50. The van der Waals surface area contributed by atoms with E-state index in [2.05, 4.69) is 5.32 Å². The number of nitrogens with one attached hydrogen (secondary N) is 1. The molecule has 0 bridgehead atoms. The zero-order valence-corrected chi connectivity index (χ0v) is 14.3. The third-order valence-corrected chi connectivity index (χ3v) is 3.48. The second kappa shape index (κ2) is 9.03. The molecule has 2 rings (SSSR count). The van der Waals surface area contributed by atoms with E-state index in [9.17, 15) is 14.0 Å². The van der Waals surface area contributed by atoms with Crippen molar-refractivity contribution in [3.63, 3.8) is 0 Å². The van der Waals surface area contributed by atoms with E-state index < -0.39 is 18.5 Å². The average molecular weight is 366 g/mol. The van der Waals surface area contributed by atoms with Gasteiger partial charge in [-0.25, -0.2) is 9.18 Å². The van der Waals surface area contributed by atoms with Crippen molar-refractivity contribution < 1.29 is 23.5 Å².